The molecule has 0 saturated heterocycles. The van der Waals surface area contributed by atoms with Gasteiger partial charge in [0.25, 0.3) is 0 Å². The molecule has 0 aliphatic heterocycles. The van der Waals surface area contributed by atoms with Gasteiger partial charge < -0.3 is 14.8 Å². The van der Waals surface area contributed by atoms with E-state index in [-0.39, 0.29) is 18.1 Å². The Morgan fingerprint density at radius 2 is 2.13 bits per heavy atom. The van der Waals surface area contributed by atoms with Crippen LogP contribution in [0.25, 0.3) is 0 Å². The number of alkyl halides is 1. The number of carbonyl (C=O) groups is 1. The Labute approximate surface area is 96.3 Å². The molecule has 0 aliphatic rings. The first-order chi connectivity index (χ1) is 7.08. The van der Waals surface area contributed by atoms with Crippen LogP contribution in [0.2, 0.25) is 0 Å². The van der Waals surface area contributed by atoms with E-state index in [1.807, 2.05) is 13.8 Å². The molecule has 0 aromatic carbocycles. The van der Waals surface area contributed by atoms with E-state index >= 15 is 0 Å². The highest BCUT2D eigenvalue weighted by molar-refractivity contribution is 6.18. The average molecular weight is 238 g/mol. The molecule has 15 heavy (non-hydrogen) atoms. The van der Waals surface area contributed by atoms with E-state index in [1.165, 1.54) is 0 Å². The van der Waals surface area contributed by atoms with Crippen molar-refractivity contribution in [1.82, 2.24) is 5.32 Å². The van der Waals surface area contributed by atoms with Crippen molar-refractivity contribution in [3.8, 4) is 0 Å². The lowest BCUT2D eigenvalue weighted by Gasteiger charge is -2.26. The molecule has 0 fully saturated rings. The fourth-order valence-electron chi connectivity index (χ4n) is 0.896. The van der Waals surface area contributed by atoms with Gasteiger partial charge in [-0.15, -0.1) is 11.6 Å². The van der Waals surface area contributed by atoms with Crippen molar-refractivity contribution in [2.75, 3.05) is 32.8 Å². The Bertz CT molecular complexity index is 184. The lowest BCUT2D eigenvalue weighted by molar-refractivity contribution is -0.127. The predicted molar refractivity (Wildman–Crippen MR) is 60.3 cm³/mol. The molecular formula is C10H20ClNO3. The van der Waals surface area contributed by atoms with Crippen LogP contribution >= 0.6 is 11.6 Å². The van der Waals surface area contributed by atoms with Crippen LogP contribution in [-0.2, 0) is 14.3 Å². The van der Waals surface area contributed by atoms with Gasteiger partial charge in [-0.05, 0) is 13.3 Å². The first-order valence-corrected chi connectivity index (χ1v) is 5.55. The first kappa shape index (κ1) is 14.7. The molecule has 0 saturated carbocycles. The van der Waals surface area contributed by atoms with E-state index in [9.17, 15) is 4.79 Å². The van der Waals surface area contributed by atoms with Gasteiger partial charge in [0.05, 0.1) is 18.8 Å². The molecular weight excluding hydrogens is 218 g/mol. The number of halogens is 1. The monoisotopic (exact) mass is 237 g/mol. The molecule has 0 aromatic rings. The van der Waals surface area contributed by atoms with Gasteiger partial charge in [-0.25, -0.2) is 0 Å². The van der Waals surface area contributed by atoms with Gasteiger partial charge >= 0.3 is 0 Å². The van der Waals surface area contributed by atoms with Crippen molar-refractivity contribution in [2.45, 2.75) is 25.8 Å². The normalized spacial score (nSPS) is 14.7. The Morgan fingerprint density at radius 1 is 1.47 bits per heavy atom. The molecule has 1 N–H and O–H groups in total. The van der Waals surface area contributed by atoms with Crippen molar-refractivity contribution in [3.63, 3.8) is 0 Å². The maximum atomic E-state index is 11.4. The number of rotatable bonds is 8. The van der Waals surface area contributed by atoms with E-state index in [0.717, 1.165) is 6.42 Å². The van der Waals surface area contributed by atoms with E-state index in [0.29, 0.717) is 19.1 Å². The van der Waals surface area contributed by atoms with Crippen LogP contribution in [-0.4, -0.2) is 44.3 Å². The molecule has 0 bridgehead atoms. The minimum atomic E-state index is -0.344. The third-order valence-electron chi connectivity index (χ3n) is 2.18. The van der Waals surface area contributed by atoms with E-state index in [4.69, 9.17) is 21.1 Å². The first-order valence-electron chi connectivity index (χ1n) is 5.01. The summed E-state index contributed by atoms with van der Waals surface area (Å²) in [5.74, 6) is 0.254. The fourth-order valence-corrected chi connectivity index (χ4v) is 1.15. The Balaban J connectivity index is 3.72. The van der Waals surface area contributed by atoms with Gasteiger partial charge in [0, 0.05) is 13.0 Å². The fraction of sp³-hybridized carbons (Fsp3) is 0.900. The number of carbonyl (C=O) groups excluding carboxylic acids is 1. The summed E-state index contributed by atoms with van der Waals surface area (Å²) in [7, 11) is 1.59. The standard InChI is InChI=1S/C10H20ClNO3/c1-4-10(2,8-11)12-9(13)7-15-6-5-14-3/h4-8H2,1-3H3,(H,12,13). The molecule has 0 radical (unpaired) electrons. The van der Waals surface area contributed by atoms with E-state index < -0.39 is 0 Å². The Hall–Kier alpha value is -0.320. The predicted octanol–water partition coefficient (Wildman–Crippen LogP) is 1.17. The van der Waals surface area contributed by atoms with Gasteiger partial charge in [0.15, 0.2) is 0 Å². The van der Waals surface area contributed by atoms with Crippen LogP contribution in [0.4, 0.5) is 0 Å². The highest BCUT2D eigenvalue weighted by Gasteiger charge is 2.22. The number of methoxy groups -OCH3 is 1. The Morgan fingerprint density at radius 3 is 2.60 bits per heavy atom. The summed E-state index contributed by atoms with van der Waals surface area (Å²) in [6, 6.07) is 0. The smallest absolute Gasteiger partial charge is 0.246 e. The summed E-state index contributed by atoms with van der Waals surface area (Å²) < 4.78 is 9.88. The van der Waals surface area contributed by atoms with E-state index in [1.54, 1.807) is 7.11 Å². The minimum Gasteiger partial charge on any atom is -0.382 e. The highest BCUT2D eigenvalue weighted by atomic mass is 35.5. The molecule has 1 amide bonds. The molecule has 0 aromatic heterocycles. The lowest BCUT2D eigenvalue weighted by atomic mass is 10.0. The van der Waals surface area contributed by atoms with E-state index in [2.05, 4.69) is 5.32 Å². The summed E-state index contributed by atoms with van der Waals surface area (Å²) in [4.78, 5) is 11.4. The zero-order chi connectivity index (χ0) is 11.7. The summed E-state index contributed by atoms with van der Waals surface area (Å²) in [6.07, 6.45) is 0.792. The summed E-state index contributed by atoms with van der Waals surface area (Å²) in [5, 5.41) is 2.83. The average Bonchev–Trinajstić information content (AvgIpc) is 2.24. The number of hydrogen-bond donors (Lipinski definition) is 1. The van der Waals surface area contributed by atoms with Crippen molar-refractivity contribution in [3.05, 3.63) is 0 Å². The van der Waals surface area contributed by atoms with Crippen LogP contribution in [0.15, 0.2) is 0 Å². The van der Waals surface area contributed by atoms with Crippen LogP contribution < -0.4 is 5.32 Å². The quantitative estimate of drug-likeness (QED) is 0.509. The maximum Gasteiger partial charge on any atom is 0.246 e. The topological polar surface area (TPSA) is 47.6 Å². The highest BCUT2D eigenvalue weighted by Crippen LogP contribution is 2.10. The SMILES string of the molecule is CCC(C)(CCl)NC(=O)COCCOC. The molecule has 1 unspecified atom stereocenters. The molecule has 4 nitrogen and oxygen atoms in total. The van der Waals surface area contributed by atoms with Gasteiger partial charge in [-0.3, -0.25) is 4.79 Å². The van der Waals surface area contributed by atoms with Crippen LogP contribution in [0.1, 0.15) is 20.3 Å². The number of hydrogen-bond acceptors (Lipinski definition) is 3. The van der Waals surface area contributed by atoms with Gasteiger partial charge in [0.1, 0.15) is 6.61 Å². The van der Waals surface area contributed by atoms with Crippen LogP contribution in [0, 0.1) is 0 Å². The summed E-state index contributed by atoms with van der Waals surface area (Å²) >= 11 is 5.76. The summed E-state index contributed by atoms with van der Waals surface area (Å²) in [6.45, 7) is 4.86. The molecule has 0 spiro atoms. The number of amides is 1. The second-order valence-corrected chi connectivity index (χ2v) is 3.91. The molecule has 5 heteroatoms. The molecule has 0 aliphatic carbocycles. The molecule has 0 heterocycles. The molecule has 90 valence electrons. The third-order valence-corrected chi connectivity index (χ3v) is 2.77. The zero-order valence-electron chi connectivity index (χ0n) is 9.64. The largest absolute Gasteiger partial charge is 0.382 e. The third kappa shape index (κ3) is 6.71. The molecule has 0 rings (SSSR count). The second kappa shape index (κ2) is 7.91. The zero-order valence-corrected chi connectivity index (χ0v) is 10.4. The molecule has 1 atom stereocenters. The summed E-state index contributed by atoms with van der Waals surface area (Å²) in [5.41, 5.74) is -0.344. The van der Waals surface area contributed by atoms with Crippen molar-refractivity contribution in [1.29, 1.82) is 0 Å². The van der Waals surface area contributed by atoms with Gasteiger partial charge in [-0.1, -0.05) is 6.92 Å². The number of nitrogens with one attached hydrogen (secondary N) is 1. The van der Waals surface area contributed by atoms with Crippen molar-refractivity contribution in [2.24, 2.45) is 0 Å². The van der Waals surface area contributed by atoms with Crippen molar-refractivity contribution >= 4 is 17.5 Å². The lowest BCUT2D eigenvalue weighted by Crippen LogP contribution is -2.48. The van der Waals surface area contributed by atoms with Crippen LogP contribution in [0.3, 0.4) is 0 Å². The number of ether oxygens (including phenoxy) is 2. The minimum absolute atomic E-state index is 0.0514. The van der Waals surface area contributed by atoms with Crippen molar-refractivity contribution < 1.29 is 14.3 Å². The Kier molecular flexibility index (Phi) is 7.74. The van der Waals surface area contributed by atoms with Gasteiger partial charge in [-0.2, -0.15) is 0 Å². The second-order valence-electron chi connectivity index (χ2n) is 3.64. The van der Waals surface area contributed by atoms with Crippen LogP contribution in [0.5, 0.6) is 0 Å². The maximum absolute atomic E-state index is 11.4. The van der Waals surface area contributed by atoms with Gasteiger partial charge in [0.2, 0.25) is 5.91 Å².